The molecule has 0 unspecified atom stereocenters. The van der Waals surface area contributed by atoms with E-state index in [-0.39, 0.29) is 11.1 Å². The standard InChI is InChI=1S/C16H17ClN4O/c1-3-9-21-13-8-6-5-7-12(13)20(4-2)15-11(16(21)22)10-14(17)18-19-15/h5-8,10H,3-4,9H2,1-2H3. The Labute approximate surface area is 134 Å². The summed E-state index contributed by atoms with van der Waals surface area (Å²) in [5, 5.41) is 8.31. The van der Waals surface area contributed by atoms with Crippen molar-refractivity contribution < 1.29 is 4.79 Å². The molecule has 0 saturated heterocycles. The van der Waals surface area contributed by atoms with Crippen molar-refractivity contribution in [3.63, 3.8) is 0 Å². The third-order valence-electron chi connectivity index (χ3n) is 3.70. The number of carbonyl (C=O) groups excluding carboxylic acids is 1. The molecule has 2 heterocycles. The summed E-state index contributed by atoms with van der Waals surface area (Å²) < 4.78 is 0. The van der Waals surface area contributed by atoms with Crippen LogP contribution in [-0.2, 0) is 0 Å². The average Bonchev–Trinajstić information content (AvgIpc) is 2.63. The summed E-state index contributed by atoms with van der Waals surface area (Å²) >= 11 is 5.96. The first-order valence-electron chi connectivity index (χ1n) is 7.39. The van der Waals surface area contributed by atoms with Gasteiger partial charge in [0, 0.05) is 13.1 Å². The van der Waals surface area contributed by atoms with E-state index in [4.69, 9.17) is 11.6 Å². The molecule has 0 fully saturated rings. The second-order valence-electron chi connectivity index (χ2n) is 5.09. The summed E-state index contributed by atoms with van der Waals surface area (Å²) in [6.45, 7) is 5.41. The Bertz CT molecular complexity index is 719. The average molecular weight is 317 g/mol. The Kier molecular flexibility index (Phi) is 3.98. The minimum Gasteiger partial charge on any atom is -0.323 e. The minimum atomic E-state index is -0.0861. The molecule has 0 spiro atoms. The molecule has 0 saturated carbocycles. The van der Waals surface area contributed by atoms with E-state index in [0.717, 1.165) is 17.8 Å². The van der Waals surface area contributed by atoms with Crippen molar-refractivity contribution in [1.82, 2.24) is 10.2 Å². The molecule has 1 aliphatic rings. The molecule has 0 aliphatic carbocycles. The summed E-state index contributed by atoms with van der Waals surface area (Å²) in [5.74, 6) is 0.472. The summed E-state index contributed by atoms with van der Waals surface area (Å²) in [4.78, 5) is 16.8. The maximum absolute atomic E-state index is 13.0. The van der Waals surface area contributed by atoms with Gasteiger partial charge in [-0.05, 0) is 31.5 Å². The third kappa shape index (κ3) is 2.31. The van der Waals surface area contributed by atoms with Crippen molar-refractivity contribution in [2.24, 2.45) is 0 Å². The van der Waals surface area contributed by atoms with E-state index in [1.54, 1.807) is 11.0 Å². The Hall–Kier alpha value is -2.14. The molecule has 3 rings (SSSR count). The SMILES string of the molecule is CCCN1C(=O)c2cc(Cl)nnc2N(CC)c2ccccc21. The van der Waals surface area contributed by atoms with Crippen LogP contribution < -0.4 is 9.80 Å². The Morgan fingerprint density at radius 3 is 2.41 bits per heavy atom. The van der Waals surface area contributed by atoms with Gasteiger partial charge in [0.15, 0.2) is 11.0 Å². The zero-order chi connectivity index (χ0) is 15.7. The van der Waals surface area contributed by atoms with Crippen molar-refractivity contribution >= 4 is 34.7 Å². The van der Waals surface area contributed by atoms with Crippen molar-refractivity contribution in [1.29, 1.82) is 0 Å². The molecular weight excluding hydrogens is 300 g/mol. The van der Waals surface area contributed by atoms with Gasteiger partial charge in [-0.1, -0.05) is 30.7 Å². The van der Waals surface area contributed by atoms with E-state index in [1.165, 1.54) is 0 Å². The lowest BCUT2D eigenvalue weighted by Gasteiger charge is -2.25. The Morgan fingerprint density at radius 2 is 1.77 bits per heavy atom. The van der Waals surface area contributed by atoms with Gasteiger partial charge in [0.1, 0.15) is 0 Å². The second kappa shape index (κ2) is 5.93. The number of benzene rings is 1. The van der Waals surface area contributed by atoms with E-state index >= 15 is 0 Å². The predicted octanol–water partition coefficient (Wildman–Crippen LogP) is 3.66. The lowest BCUT2D eigenvalue weighted by atomic mass is 10.2. The summed E-state index contributed by atoms with van der Waals surface area (Å²) in [6, 6.07) is 9.47. The highest BCUT2D eigenvalue weighted by molar-refractivity contribution is 6.30. The van der Waals surface area contributed by atoms with Gasteiger partial charge >= 0.3 is 0 Å². The van der Waals surface area contributed by atoms with Crippen LogP contribution in [0.1, 0.15) is 30.6 Å². The first kappa shape index (κ1) is 14.8. The smallest absolute Gasteiger partial charge is 0.262 e. The van der Waals surface area contributed by atoms with Crippen LogP contribution in [0.3, 0.4) is 0 Å². The molecule has 6 heteroatoms. The monoisotopic (exact) mass is 316 g/mol. The van der Waals surface area contributed by atoms with E-state index < -0.39 is 0 Å². The molecule has 0 N–H and O–H groups in total. The van der Waals surface area contributed by atoms with E-state index in [2.05, 4.69) is 17.1 Å². The molecule has 1 aliphatic heterocycles. The van der Waals surface area contributed by atoms with E-state index in [1.807, 2.05) is 36.1 Å². The maximum Gasteiger partial charge on any atom is 0.262 e. The summed E-state index contributed by atoms with van der Waals surface area (Å²) in [5.41, 5.74) is 2.35. The van der Waals surface area contributed by atoms with Crippen molar-refractivity contribution in [2.75, 3.05) is 22.9 Å². The quantitative estimate of drug-likeness (QED) is 0.867. The number of carbonyl (C=O) groups is 1. The highest BCUT2D eigenvalue weighted by Crippen LogP contribution is 2.39. The number of amides is 1. The fourth-order valence-corrected chi connectivity index (χ4v) is 2.92. The van der Waals surface area contributed by atoms with Crippen LogP contribution in [0.4, 0.5) is 17.2 Å². The molecule has 114 valence electrons. The third-order valence-corrected chi connectivity index (χ3v) is 3.89. The van der Waals surface area contributed by atoms with Gasteiger partial charge in [-0.2, -0.15) is 0 Å². The fraction of sp³-hybridized carbons (Fsp3) is 0.312. The molecule has 1 amide bonds. The van der Waals surface area contributed by atoms with Gasteiger partial charge < -0.3 is 9.80 Å². The largest absolute Gasteiger partial charge is 0.323 e. The molecular formula is C16H17ClN4O. The molecule has 0 bridgehead atoms. The molecule has 0 atom stereocenters. The highest BCUT2D eigenvalue weighted by Gasteiger charge is 2.31. The predicted molar refractivity (Wildman–Crippen MR) is 88.1 cm³/mol. The van der Waals surface area contributed by atoms with Crippen LogP contribution in [0, 0.1) is 0 Å². The highest BCUT2D eigenvalue weighted by atomic mass is 35.5. The lowest BCUT2D eigenvalue weighted by molar-refractivity contribution is 0.0988. The van der Waals surface area contributed by atoms with E-state index in [0.29, 0.717) is 24.5 Å². The number of para-hydroxylation sites is 2. The molecule has 2 aromatic rings. The number of aromatic nitrogens is 2. The topological polar surface area (TPSA) is 49.3 Å². The van der Waals surface area contributed by atoms with Gasteiger partial charge in [0.05, 0.1) is 16.9 Å². The van der Waals surface area contributed by atoms with Gasteiger partial charge in [-0.15, -0.1) is 10.2 Å². The van der Waals surface area contributed by atoms with Gasteiger partial charge in [0.25, 0.3) is 5.91 Å². The van der Waals surface area contributed by atoms with Crippen LogP contribution in [0.15, 0.2) is 30.3 Å². The number of fused-ring (bicyclic) bond motifs is 2. The van der Waals surface area contributed by atoms with Gasteiger partial charge in [0.2, 0.25) is 0 Å². The number of anilines is 3. The van der Waals surface area contributed by atoms with Crippen LogP contribution in [0.5, 0.6) is 0 Å². The zero-order valence-electron chi connectivity index (χ0n) is 12.6. The van der Waals surface area contributed by atoms with Crippen LogP contribution >= 0.6 is 11.6 Å². The summed E-state index contributed by atoms with van der Waals surface area (Å²) in [6.07, 6.45) is 0.869. The number of nitrogens with zero attached hydrogens (tertiary/aromatic N) is 4. The van der Waals surface area contributed by atoms with Crippen LogP contribution in [-0.4, -0.2) is 29.2 Å². The molecule has 22 heavy (non-hydrogen) atoms. The molecule has 1 aromatic carbocycles. The molecule has 0 radical (unpaired) electrons. The first-order valence-corrected chi connectivity index (χ1v) is 7.76. The van der Waals surface area contributed by atoms with Crippen LogP contribution in [0.2, 0.25) is 5.15 Å². The second-order valence-corrected chi connectivity index (χ2v) is 5.48. The summed E-state index contributed by atoms with van der Waals surface area (Å²) in [7, 11) is 0. The van der Waals surface area contributed by atoms with Gasteiger partial charge in [-0.25, -0.2) is 0 Å². The lowest BCUT2D eigenvalue weighted by Crippen LogP contribution is -2.31. The molecule has 1 aromatic heterocycles. The number of hydrogen-bond donors (Lipinski definition) is 0. The van der Waals surface area contributed by atoms with Gasteiger partial charge in [-0.3, -0.25) is 4.79 Å². The normalized spacial score (nSPS) is 13.7. The zero-order valence-corrected chi connectivity index (χ0v) is 13.3. The van der Waals surface area contributed by atoms with E-state index in [9.17, 15) is 4.79 Å². The maximum atomic E-state index is 13.0. The number of halogens is 1. The number of rotatable bonds is 3. The Balaban J connectivity index is 2.28. The molecule has 5 nitrogen and oxygen atoms in total. The number of hydrogen-bond acceptors (Lipinski definition) is 4. The Morgan fingerprint density at radius 1 is 1.09 bits per heavy atom. The first-order chi connectivity index (χ1) is 10.7. The van der Waals surface area contributed by atoms with Crippen LogP contribution in [0.25, 0.3) is 0 Å². The minimum absolute atomic E-state index is 0.0861. The van der Waals surface area contributed by atoms with Crippen molar-refractivity contribution in [3.05, 3.63) is 41.0 Å². The van der Waals surface area contributed by atoms with Crippen molar-refractivity contribution in [3.8, 4) is 0 Å². The fourth-order valence-electron chi connectivity index (χ4n) is 2.77. The van der Waals surface area contributed by atoms with Crippen molar-refractivity contribution in [2.45, 2.75) is 20.3 Å².